The van der Waals surface area contributed by atoms with E-state index in [1.807, 2.05) is 6.92 Å². The Hall–Kier alpha value is -0.160. The fourth-order valence-electron chi connectivity index (χ4n) is 0.867. The van der Waals surface area contributed by atoms with E-state index in [0.717, 1.165) is 12.8 Å². The molecule has 0 saturated carbocycles. The second-order valence-corrected chi connectivity index (χ2v) is 2.91. The van der Waals surface area contributed by atoms with Gasteiger partial charge in [0, 0.05) is 13.2 Å². The Labute approximate surface area is 79.5 Å². The summed E-state index contributed by atoms with van der Waals surface area (Å²) >= 11 is 0. The van der Waals surface area contributed by atoms with Crippen molar-refractivity contribution in [1.29, 1.82) is 0 Å². The van der Waals surface area contributed by atoms with Gasteiger partial charge in [-0.25, -0.2) is 0 Å². The number of ether oxygens (including phenoxy) is 2. The van der Waals surface area contributed by atoms with Crippen molar-refractivity contribution in [2.24, 2.45) is 0 Å². The molecule has 0 aliphatic heterocycles. The fourth-order valence-corrected chi connectivity index (χ4v) is 0.867. The Bertz CT molecular complexity index is 97.6. The lowest BCUT2D eigenvalue weighted by Gasteiger charge is -2.12. The van der Waals surface area contributed by atoms with Crippen molar-refractivity contribution in [3.8, 4) is 0 Å². The van der Waals surface area contributed by atoms with Gasteiger partial charge in [-0.15, -0.1) is 0 Å². The van der Waals surface area contributed by atoms with E-state index in [-0.39, 0.29) is 19.3 Å². The van der Waals surface area contributed by atoms with Crippen LogP contribution in [0.1, 0.15) is 19.8 Å². The average Bonchev–Trinajstić information content (AvgIpc) is 2.14. The summed E-state index contributed by atoms with van der Waals surface area (Å²) in [4.78, 5) is 0. The Morgan fingerprint density at radius 1 is 1.08 bits per heavy atom. The Morgan fingerprint density at radius 2 is 1.85 bits per heavy atom. The molecule has 0 radical (unpaired) electrons. The van der Waals surface area contributed by atoms with Crippen LogP contribution in [0.25, 0.3) is 0 Å². The van der Waals surface area contributed by atoms with E-state index in [1.54, 1.807) is 0 Å². The molecule has 0 aromatic rings. The SMILES string of the molecule is CC(COCCCCO)OCCO. The highest BCUT2D eigenvalue weighted by Gasteiger charge is 2.00. The van der Waals surface area contributed by atoms with Crippen LogP contribution in [0.5, 0.6) is 0 Å². The largest absolute Gasteiger partial charge is 0.396 e. The summed E-state index contributed by atoms with van der Waals surface area (Å²) in [7, 11) is 0. The second kappa shape index (κ2) is 9.92. The van der Waals surface area contributed by atoms with Crippen LogP contribution >= 0.6 is 0 Å². The molecule has 0 heterocycles. The van der Waals surface area contributed by atoms with Crippen LogP contribution in [0.2, 0.25) is 0 Å². The first-order valence-electron chi connectivity index (χ1n) is 4.72. The molecule has 1 atom stereocenters. The maximum atomic E-state index is 8.48. The van der Waals surface area contributed by atoms with Gasteiger partial charge >= 0.3 is 0 Å². The lowest BCUT2D eigenvalue weighted by Crippen LogP contribution is -2.18. The highest BCUT2D eigenvalue weighted by molar-refractivity contribution is 4.47. The zero-order valence-electron chi connectivity index (χ0n) is 8.24. The molecule has 80 valence electrons. The Balaban J connectivity index is 3.03. The first-order chi connectivity index (χ1) is 6.31. The third-order valence-corrected chi connectivity index (χ3v) is 1.54. The van der Waals surface area contributed by atoms with Gasteiger partial charge in [0.2, 0.25) is 0 Å². The van der Waals surface area contributed by atoms with E-state index in [1.165, 1.54) is 0 Å². The minimum absolute atomic E-state index is 0.0290. The highest BCUT2D eigenvalue weighted by atomic mass is 16.5. The lowest BCUT2D eigenvalue weighted by molar-refractivity contribution is -0.0192. The predicted octanol–water partition coefficient (Wildman–Crippen LogP) is 0.173. The number of rotatable bonds is 9. The molecule has 0 spiro atoms. The standard InChI is InChI=1S/C9H20O4/c1-9(13-7-5-11)8-12-6-3-2-4-10/h9-11H,2-8H2,1H3. The topological polar surface area (TPSA) is 58.9 Å². The molecule has 4 heteroatoms. The summed E-state index contributed by atoms with van der Waals surface area (Å²) in [6, 6.07) is 0. The lowest BCUT2D eigenvalue weighted by atomic mass is 10.3. The van der Waals surface area contributed by atoms with Crippen molar-refractivity contribution < 1.29 is 19.7 Å². The molecule has 0 aliphatic carbocycles. The second-order valence-electron chi connectivity index (χ2n) is 2.91. The molecule has 4 nitrogen and oxygen atoms in total. The molecule has 1 unspecified atom stereocenters. The van der Waals surface area contributed by atoms with Gasteiger partial charge in [-0.05, 0) is 19.8 Å². The molecule has 0 fully saturated rings. The molecule has 0 amide bonds. The van der Waals surface area contributed by atoms with Crippen LogP contribution in [0, 0.1) is 0 Å². The summed E-state index contributed by atoms with van der Waals surface area (Å²) in [5.74, 6) is 0. The summed E-state index contributed by atoms with van der Waals surface area (Å²) in [6.45, 7) is 3.75. The first-order valence-corrected chi connectivity index (χ1v) is 4.72. The molecule has 13 heavy (non-hydrogen) atoms. The van der Waals surface area contributed by atoms with Crippen LogP contribution < -0.4 is 0 Å². The van der Waals surface area contributed by atoms with Crippen molar-refractivity contribution in [2.75, 3.05) is 33.0 Å². The first kappa shape index (κ1) is 12.8. The fraction of sp³-hybridized carbons (Fsp3) is 1.00. The third-order valence-electron chi connectivity index (χ3n) is 1.54. The van der Waals surface area contributed by atoms with Crippen molar-refractivity contribution in [2.45, 2.75) is 25.9 Å². The van der Waals surface area contributed by atoms with Gasteiger partial charge in [-0.2, -0.15) is 0 Å². The molecular weight excluding hydrogens is 172 g/mol. The zero-order valence-corrected chi connectivity index (χ0v) is 8.24. The van der Waals surface area contributed by atoms with Crippen LogP contribution in [0.4, 0.5) is 0 Å². The molecule has 0 rings (SSSR count). The Morgan fingerprint density at radius 3 is 2.46 bits per heavy atom. The molecule has 0 aromatic carbocycles. The van der Waals surface area contributed by atoms with Crippen molar-refractivity contribution >= 4 is 0 Å². The molecule has 0 saturated heterocycles. The monoisotopic (exact) mass is 192 g/mol. The number of hydrogen-bond donors (Lipinski definition) is 2. The van der Waals surface area contributed by atoms with Gasteiger partial charge in [0.1, 0.15) is 0 Å². The molecule has 2 N–H and O–H groups in total. The summed E-state index contributed by atoms with van der Waals surface area (Å²) < 4.78 is 10.5. The van der Waals surface area contributed by atoms with Crippen molar-refractivity contribution in [3.05, 3.63) is 0 Å². The van der Waals surface area contributed by atoms with Crippen LogP contribution in [0.3, 0.4) is 0 Å². The maximum Gasteiger partial charge on any atom is 0.0781 e. The van der Waals surface area contributed by atoms with E-state index in [0.29, 0.717) is 19.8 Å². The third kappa shape index (κ3) is 9.76. The zero-order chi connectivity index (χ0) is 9.94. The molecular formula is C9H20O4. The number of unbranched alkanes of at least 4 members (excludes halogenated alkanes) is 1. The van der Waals surface area contributed by atoms with Crippen LogP contribution in [-0.4, -0.2) is 49.4 Å². The van der Waals surface area contributed by atoms with E-state index < -0.39 is 0 Å². The van der Waals surface area contributed by atoms with Gasteiger partial charge in [0.15, 0.2) is 0 Å². The highest BCUT2D eigenvalue weighted by Crippen LogP contribution is 1.94. The predicted molar refractivity (Wildman–Crippen MR) is 49.6 cm³/mol. The van der Waals surface area contributed by atoms with Crippen molar-refractivity contribution in [3.63, 3.8) is 0 Å². The minimum atomic E-state index is 0.0290. The normalized spacial score (nSPS) is 13.2. The smallest absolute Gasteiger partial charge is 0.0781 e. The summed E-state index contributed by atoms with van der Waals surface area (Å²) in [5, 5.41) is 16.9. The van der Waals surface area contributed by atoms with Gasteiger partial charge in [-0.3, -0.25) is 0 Å². The van der Waals surface area contributed by atoms with Gasteiger partial charge in [0.05, 0.1) is 25.9 Å². The van der Waals surface area contributed by atoms with Crippen LogP contribution in [0.15, 0.2) is 0 Å². The molecule has 0 aromatic heterocycles. The quantitative estimate of drug-likeness (QED) is 0.511. The minimum Gasteiger partial charge on any atom is -0.396 e. The van der Waals surface area contributed by atoms with Gasteiger partial charge in [-0.1, -0.05) is 0 Å². The maximum absolute atomic E-state index is 8.48. The molecule has 0 bridgehead atoms. The van der Waals surface area contributed by atoms with Crippen molar-refractivity contribution in [1.82, 2.24) is 0 Å². The van der Waals surface area contributed by atoms with E-state index in [9.17, 15) is 0 Å². The number of hydrogen-bond acceptors (Lipinski definition) is 4. The molecule has 0 aliphatic rings. The van der Waals surface area contributed by atoms with Gasteiger partial charge < -0.3 is 19.7 Å². The average molecular weight is 192 g/mol. The number of aliphatic hydroxyl groups excluding tert-OH is 2. The van der Waals surface area contributed by atoms with Crippen LogP contribution in [-0.2, 0) is 9.47 Å². The van der Waals surface area contributed by atoms with E-state index in [4.69, 9.17) is 19.7 Å². The Kier molecular flexibility index (Phi) is 9.80. The number of aliphatic hydroxyl groups is 2. The summed E-state index contributed by atoms with van der Waals surface area (Å²) in [5.41, 5.74) is 0. The van der Waals surface area contributed by atoms with Gasteiger partial charge in [0.25, 0.3) is 0 Å². The van der Waals surface area contributed by atoms with E-state index in [2.05, 4.69) is 0 Å². The van der Waals surface area contributed by atoms with E-state index >= 15 is 0 Å². The summed E-state index contributed by atoms with van der Waals surface area (Å²) in [6.07, 6.45) is 1.69.